The van der Waals surface area contributed by atoms with Gasteiger partial charge in [0.05, 0.1) is 4.90 Å². The van der Waals surface area contributed by atoms with Crippen molar-refractivity contribution in [2.45, 2.75) is 37.8 Å². The fourth-order valence-corrected chi connectivity index (χ4v) is 4.08. The minimum absolute atomic E-state index is 0.0299. The Morgan fingerprint density at radius 3 is 2.20 bits per heavy atom. The first-order valence-electron chi connectivity index (χ1n) is 9.87. The summed E-state index contributed by atoms with van der Waals surface area (Å²) in [5.74, 6) is -0.0299. The van der Waals surface area contributed by atoms with E-state index in [4.69, 9.17) is 0 Å². The van der Waals surface area contributed by atoms with Gasteiger partial charge in [-0.2, -0.15) is 0 Å². The summed E-state index contributed by atoms with van der Waals surface area (Å²) >= 11 is 0. The molecule has 0 heterocycles. The number of aryl methyl sites for hydroxylation is 2. The monoisotopic (exact) mass is 422 g/mol. The Morgan fingerprint density at radius 2 is 1.50 bits per heavy atom. The summed E-state index contributed by atoms with van der Waals surface area (Å²) in [4.78, 5) is 12.3. The number of carbonyl (C=O) groups excluding carboxylic acids is 1. The lowest BCUT2D eigenvalue weighted by molar-refractivity contribution is -0.121. The molecule has 3 aromatic carbocycles. The molecule has 0 bridgehead atoms. The molecule has 3 aromatic rings. The van der Waals surface area contributed by atoms with E-state index in [-0.39, 0.29) is 17.3 Å². The van der Waals surface area contributed by atoms with Crippen LogP contribution < -0.4 is 10.0 Å². The average molecular weight is 423 g/mol. The van der Waals surface area contributed by atoms with Crippen molar-refractivity contribution in [3.63, 3.8) is 0 Å². The third-order valence-corrected chi connectivity index (χ3v) is 6.17. The summed E-state index contributed by atoms with van der Waals surface area (Å²) < 4.78 is 27.5. The standard InChI is InChI=1S/C24H26N2O3S/c1-19-6-5-9-22(16-19)17-25-24(27)15-12-20-10-13-23(14-11-20)30(28,29)26-18-21-7-3-2-4-8-21/h2-11,13-14,16,26H,12,15,17-18H2,1H3,(H,25,27). The molecule has 30 heavy (non-hydrogen) atoms. The molecule has 0 aliphatic heterocycles. The van der Waals surface area contributed by atoms with Gasteiger partial charge in [0.15, 0.2) is 0 Å². The van der Waals surface area contributed by atoms with Crippen molar-refractivity contribution in [3.05, 3.63) is 101 Å². The van der Waals surface area contributed by atoms with Crippen LogP contribution in [0.5, 0.6) is 0 Å². The molecule has 1 amide bonds. The lowest BCUT2D eigenvalue weighted by atomic mass is 10.1. The summed E-state index contributed by atoms with van der Waals surface area (Å²) in [6.07, 6.45) is 0.904. The zero-order valence-corrected chi connectivity index (χ0v) is 17.8. The molecule has 5 nitrogen and oxygen atoms in total. The van der Waals surface area contributed by atoms with Crippen LogP contribution in [-0.4, -0.2) is 14.3 Å². The van der Waals surface area contributed by atoms with E-state index in [0.717, 1.165) is 22.3 Å². The number of amides is 1. The summed E-state index contributed by atoms with van der Waals surface area (Å²) in [5, 5.41) is 2.92. The van der Waals surface area contributed by atoms with E-state index in [1.165, 1.54) is 0 Å². The fraction of sp³-hybridized carbons (Fsp3) is 0.208. The van der Waals surface area contributed by atoms with Crippen molar-refractivity contribution in [1.82, 2.24) is 10.0 Å². The number of hydrogen-bond acceptors (Lipinski definition) is 3. The van der Waals surface area contributed by atoms with Crippen LogP contribution in [0.25, 0.3) is 0 Å². The van der Waals surface area contributed by atoms with Crippen LogP contribution in [0.3, 0.4) is 0 Å². The summed E-state index contributed by atoms with van der Waals surface area (Å²) in [5.41, 5.74) is 4.05. The summed E-state index contributed by atoms with van der Waals surface area (Å²) in [7, 11) is -3.58. The Hall–Kier alpha value is -2.96. The van der Waals surface area contributed by atoms with Crippen molar-refractivity contribution < 1.29 is 13.2 Å². The molecule has 0 radical (unpaired) electrons. The first kappa shape index (κ1) is 21.7. The highest BCUT2D eigenvalue weighted by atomic mass is 32.2. The quantitative estimate of drug-likeness (QED) is 0.552. The first-order valence-corrected chi connectivity index (χ1v) is 11.4. The van der Waals surface area contributed by atoms with Gasteiger partial charge in [-0.25, -0.2) is 13.1 Å². The zero-order chi connectivity index (χ0) is 21.4. The van der Waals surface area contributed by atoms with Crippen LogP contribution in [0.15, 0.2) is 83.8 Å². The van der Waals surface area contributed by atoms with Crippen LogP contribution in [0.2, 0.25) is 0 Å². The first-order chi connectivity index (χ1) is 14.4. The van der Waals surface area contributed by atoms with Crippen molar-refractivity contribution >= 4 is 15.9 Å². The van der Waals surface area contributed by atoms with Gasteiger partial charge in [-0.05, 0) is 42.2 Å². The van der Waals surface area contributed by atoms with Gasteiger partial charge in [0.25, 0.3) is 0 Å². The lowest BCUT2D eigenvalue weighted by Crippen LogP contribution is -2.23. The second-order valence-corrected chi connectivity index (χ2v) is 8.99. The summed E-state index contributed by atoms with van der Waals surface area (Å²) in [6.45, 7) is 2.77. The highest BCUT2D eigenvalue weighted by molar-refractivity contribution is 7.89. The molecule has 0 fully saturated rings. The van der Waals surface area contributed by atoms with Crippen LogP contribution in [0.4, 0.5) is 0 Å². The molecule has 0 atom stereocenters. The second-order valence-electron chi connectivity index (χ2n) is 7.22. The second kappa shape index (κ2) is 10.2. The number of sulfonamides is 1. The van der Waals surface area contributed by atoms with Gasteiger partial charge < -0.3 is 5.32 Å². The van der Waals surface area contributed by atoms with Crippen molar-refractivity contribution in [1.29, 1.82) is 0 Å². The molecule has 0 unspecified atom stereocenters. The molecule has 3 rings (SSSR count). The van der Waals surface area contributed by atoms with E-state index in [0.29, 0.717) is 19.4 Å². The Morgan fingerprint density at radius 1 is 0.800 bits per heavy atom. The molecule has 2 N–H and O–H groups in total. The topological polar surface area (TPSA) is 75.3 Å². The highest BCUT2D eigenvalue weighted by Crippen LogP contribution is 2.13. The Bertz CT molecular complexity index is 1080. The van der Waals surface area contributed by atoms with E-state index in [9.17, 15) is 13.2 Å². The van der Waals surface area contributed by atoms with E-state index in [2.05, 4.69) is 10.0 Å². The summed E-state index contributed by atoms with van der Waals surface area (Å²) in [6, 6.07) is 24.1. The van der Waals surface area contributed by atoms with Gasteiger partial charge in [-0.1, -0.05) is 72.3 Å². The molecular formula is C24H26N2O3S. The maximum atomic E-state index is 12.5. The van der Waals surface area contributed by atoms with Crippen LogP contribution in [-0.2, 0) is 34.3 Å². The zero-order valence-electron chi connectivity index (χ0n) is 17.0. The maximum absolute atomic E-state index is 12.5. The van der Waals surface area contributed by atoms with E-state index < -0.39 is 10.0 Å². The van der Waals surface area contributed by atoms with Crippen molar-refractivity contribution in [3.8, 4) is 0 Å². The smallest absolute Gasteiger partial charge is 0.240 e. The van der Waals surface area contributed by atoms with Gasteiger partial charge in [0.1, 0.15) is 0 Å². The molecule has 0 saturated carbocycles. The van der Waals surface area contributed by atoms with Gasteiger partial charge in [-0.3, -0.25) is 4.79 Å². The Labute approximate surface area is 178 Å². The Kier molecular flexibility index (Phi) is 7.38. The van der Waals surface area contributed by atoms with Gasteiger partial charge >= 0.3 is 0 Å². The predicted octanol–water partition coefficient (Wildman–Crippen LogP) is 3.72. The number of carbonyl (C=O) groups is 1. The molecule has 0 aliphatic rings. The van der Waals surface area contributed by atoms with E-state index >= 15 is 0 Å². The molecule has 0 saturated heterocycles. The van der Waals surface area contributed by atoms with E-state index in [1.807, 2.05) is 61.5 Å². The number of nitrogens with one attached hydrogen (secondary N) is 2. The number of hydrogen-bond donors (Lipinski definition) is 2. The molecule has 0 aromatic heterocycles. The van der Waals surface area contributed by atoms with Crippen LogP contribution >= 0.6 is 0 Å². The third kappa shape index (κ3) is 6.54. The van der Waals surface area contributed by atoms with Crippen molar-refractivity contribution in [2.75, 3.05) is 0 Å². The normalized spacial score (nSPS) is 11.2. The number of rotatable bonds is 9. The Balaban J connectivity index is 1.48. The predicted molar refractivity (Wildman–Crippen MR) is 118 cm³/mol. The maximum Gasteiger partial charge on any atom is 0.240 e. The van der Waals surface area contributed by atoms with Crippen LogP contribution in [0.1, 0.15) is 28.7 Å². The fourth-order valence-electron chi connectivity index (χ4n) is 3.06. The molecular weight excluding hydrogens is 396 g/mol. The van der Waals surface area contributed by atoms with Gasteiger partial charge in [0.2, 0.25) is 15.9 Å². The van der Waals surface area contributed by atoms with Gasteiger partial charge in [0, 0.05) is 19.5 Å². The minimum atomic E-state index is -3.58. The molecule has 6 heteroatoms. The van der Waals surface area contributed by atoms with Crippen molar-refractivity contribution in [2.24, 2.45) is 0 Å². The van der Waals surface area contributed by atoms with E-state index in [1.54, 1.807) is 24.3 Å². The van der Waals surface area contributed by atoms with Crippen LogP contribution in [0, 0.1) is 6.92 Å². The molecule has 0 aliphatic carbocycles. The highest BCUT2D eigenvalue weighted by Gasteiger charge is 2.13. The SMILES string of the molecule is Cc1cccc(CNC(=O)CCc2ccc(S(=O)(=O)NCc3ccccc3)cc2)c1. The lowest BCUT2D eigenvalue weighted by Gasteiger charge is -2.09. The molecule has 156 valence electrons. The third-order valence-electron chi connectivity index (χ3n) is 4.76. The minimum Gasteiger partial charge on any atom is -0.352 e. The number of benzene rings is 3. The largest absolute Gasteiger partial charge is 0.352 e. The van der Waals surface area contributed by atoms with Gasteiger partial charge in [-0.15, -0.1) is 0 Å². The average Bonchev–Trinajstić information content (AvgIpc) is 2.76. The molecule has 0 spiro atoms.